The van der Waals surface area contributed by atoms with Gasteiger partial charge in [-0.1, -0.05) is 13.8 Å². The molecule has 0 aromatic carbocycles. The minimum atomic E-state index is -0.261. The van der Waals surface area contributed by atoms with E-state index in [1.165, 1.54) is 12.5 Å². The van der Waals surface area contributed by atoms with Crippen LogP contribution in [0.5, 0.6) is 0 Å². The predicted octanol–water partition coefficient (Wildman–Crippen LogP) is -1.81. The second-order valence-corrected chi connectivity index (χ2v) is 3.27. The summed E-state index contributed by atoms with van der Waals surface area (Å²) in [5.41, 5.74) is 11.4. The fraction of sp³-hybridized carbons (Fsp3) is 0.333. The average molecular weight is 194 g/mol. The highest BCUT2D eigenvalue weighted by molar-refractivity contribution is 5.42. The van der Waals surface area contributed by atoms with E-state index in [9.17, 15) is 4.79 Å². The minimum absolute atomic E-state index is 0.0824. The molecule has 1 rings (SSSR count). The number of nitrogens with one attached hydrogen (secondary N) is 1. The summed E-state index contributed by atoms with van der Waals surface area (Å²) in [6, 6.07) is 0. The van der Waals surface area contributed by atoms with Crippen LogP contribution < -0.4 is 27.6 Å². The molecule has 5 nitrogen and oxygen atoms in total. The second kappa shape index (κ2) is 3.95. The van der Waals surface area contributed by atoms with Gasteiger partial charge in [-0.2, -0.15) is 0 Å². The molecule has 1 aromatic rings. The summed E-state index contributed by atoms with van der Waals surface area (Å²) < 4.78 is 0. The van der Waals surface area contributed by atoms with Crippen molar-refractivity contribution in [1.29, 1.82) is 0 Å². The van der Waals surface area contributed by atoms with Crippen LogP contribution >= 0.6 is 0 Å². The summed E-state index contributed by atoms with van der Waals surface area (Å²) in [6.45, 7) is 3.81. The van der Waals surface area contributed by atoms with E-state index < -0.39 is 0 Å². The SMILES string of the molecule is CC(C)/C(N)=c1\c(=O)[nH]cn\c1=C\N. The van der Waals surface area contributed by atoms with Crippen molar-refractivity contribution in [3.05, 3.63) is 27.2 Å². The second-order valence-electron chi connectivity index (χ2n) is 3.27. The first-order chi connectivity index (χ1) is 6.57. The molecule has 0 aliphatic carbocycles. The van der Waals surface area contributed by atoms with Crippen LogP contribution in [0.15, 0.2) is 11.1 Å². The number of rotatable bonds is 1. The Hall–Kier alpha value is -1.78. The Morgan fingerprint density at radius 2 is 2.29 bits per heavy atom. The molecular weight excluding hydrogens is 180 g/mol. The van der Waals surface area contributed by atoms with Gasteiger partial charge < -0.3 is 16.5 Å². The maximum Gasteiger partial charge on any atom is 0.260 e. The average Bonchev–Trinajstić information content (AvgIpc) is 2.16. The summed E-state index contributed by atoms with van der Waals surface area (Å²) in [5, 5.41) is 0.782. The van der Waals surface area contributed by atoms with Crippen LogP contribution in [0.2, 0.25) is 0 Å². The monoisotopic (exact) mass is 194 g/mol. The van der Waals surface area contributed by atoms with Crippen molar-refractivity contribution in [2.75, 3.05) is 0 Å². The first kappa shape index (κ1) is 10.3. The third-order valence-corrected chi connectivity index (χ3v) is 1.95. The van der Waals surface area contributed by atoms with E-state index in [2.05, 4.69) is 9.97 Å². The zero-order valence-corrected chi connectivity index (χ0v) is 8.24. The molecule has 0 saturated heterocycles. The molecule has 76 valence electrons. The fourth-order valence-corrected chi connectivity index (χ4v) is 1.11. The molecule has 0 aliphatic heterocycles. The molecule has 0 spiro atoms. The highest BCUT2D eigenvalue weighted by atomic mass is 16.1. The zero-order valence-electron chi connectivity index (χ0n) is 8.24. The van der Waals surface area contributed by atoms with Gasteiger partial charge in [0.1, 0.15) is 0 Å². The van der Waals surface area contributed by atoms with Crippen molar-refractivity contribution in [3.63, 3.8) is 0 Å². The van der Waals surface area contributed by atoms with Gasteiger partial charge >= 0.3 is 0 Å². The maximum absolute atomic E-state index is 11.5. The number of aromatic nitrogens is 2. The smallest absolute Gasteiger partial charge is 0.260 e. The highest BCUT2D eigenvalue weighted by Gasteiger charge is 2.03. The molecule has 0 fully saturated rings. The van der Waals surface area contributed by atoms with Gasteiger partial charge in [0.05, 0.1) is 16.9 Å². The van der Waals surface area contributed by atoms with Crippen molar-refractivity contribution in [3.8, 4) is 0 Å². The molecule has 0 amide bonds. The van der Waals surface area contributed by atoms with Crippen molar-refractivity contribution in [1.82, 2.24) is 9.97 Å². The lowest BCUT2D eigenvalue weighted by Gasteiger charge is -2.03. The van der Waals surface area contributed by atoms with E-state index in [1.807, 2.05) is 13.8 Å². The summed E-state index contributed by atoms with van der Waals surface area (Å²) in [6.07, 6.45) is 2.58. The quantitative estimate of drug-likeness (QED) is 0.490. The molecule has 14 heavy (non-hydrogen) atoms. The lowest BCUT2D eigenvalue weighted by molar-refractivity contribution is 0.826. The van der Waals surface area contributed by atoms with E-state index in [0.717, 1.165) is 0 Å². The van der Waals surface area contributed by atoms with E-state index in [4.69, 9.17) is 11.5 Å². The van der Waals surface area contributed by atoms with Gasteiger partial charge in [-0.15, -0.1) is 0 Å². The van der Waals surface area contributed by atoms with Gasteiger partial charge in [-0.3, -0.25) is 4.79 Å². The molecule has 0 aliphatic rings. The molecule has 5 N–H and O–H groups in total. The maximum atomic E-state index is 11.5. The zero-order chi connectivity index (χ0) is 10.7. The standard InChI is InChI=1S/C9H14N4O/c1-5(2)8(11)7-6(3-10)12-4-13-9(7)14/h3-5H,10-11H2,1-2H3,(H,12,13,14)/b6-3+,8-7+. The van der Waals surface area contributed by atoms with Gasteiger partial charge in [0, 0.05) is 11.9 Å². The highest BCUT2D eigenvalue weighted by Crippen LogP contribution is 1.98. The number of hydrogen-bond acceptors (Lipinski definition) is 4. The number of aromatic amines is 1. The molecular formula is C9H14N4O. The van der Waals surface area contributed by atoms with Crippen LogP contribution in [0.25, 0.3) is 11.9 Å². The Balaban J connectivity index is 3.81. The summed E-state index contributed by atoms with van der Waals surface area (Å²) in [7, 11) is 0. The first-order valence-electron chi connectivity index (χ1n) is 4.33. The molecule has 0 radical (unpaired) electrons. The summed E-state index contributed by atoms with van der Waals surface area (Å²) in [5.74, 6) is 0.0824. The predicted molar refractivity (Wildman–Crippen MR) is 55.2 cm³/mol. The van der Waals surface area contributed by atoms with Gasteiger partial charge in [-0.25, -0.2) is 4.98 Å². The fourth-order valence-electron chi connectivity index (χ4n) is 1.11. The molecule has 0 unspecified atom stereocenters. The number of H-pyrrole nitrogens is 1. The van der Waals surface area contributed by atoms with Crippen LogP contribution in [-0.4, -0.2) is 9.97 Å². The summed E-state index contributed by atoms with van der Waals surface area (Å²) >= 11 is 0. The van der Waals surface area contributed by atoms with Crippen LogP contribution in [0.3, 0.4) is 0 Å². The largest absolute Gasteiger partial charge is 0.403 e. The number of nitrogens with zero attached hydrogens (tertiary/aromatic N) is 1. The first-order valence-corrected chi connectivity index (χ1v) is 4.33. The Labute approximate surface area is 81.2 Å². The van der Waals surface area contributed by atoms with Crippen molar-refractivity contribution in [2.24, 2.45) is 17.4 Å². The minimum Gasteiger partial charge on any atom is -0.403 e. The Morgan fingerprint density at radius 1 is 1.64 bits per heavy atom. The molecule has 1 aromatic heterocycles. The van der Waals surface area contributed by atoms with Crippen LogP contribution in [0.4, 0.5) is 0 Å². The van der Waals surface area contributed by atoms with Crippen LogP contribution in [-0.2, 0) is 0 Å². The third kappa shape index (κ3) is 1.76. The lowest BCUT2D eigenvalue weighted by Crippen LogP contribution is -2.47. The molecule has 0 saturated carbocycles. The van der Waals surface area contributed by atoms with Crippen molar-refractivity contribution >= 4 is 11.9 Å². The van der Waals surface area contributed by atoms with Crippen molar-refractivity contribution < 1.29 is 0 Å². The Bertz CT molecular complexity index is 486. The molecule has 0 bridgehead atoms. The van der Waals surface area contributed by atoms with Crippen molar-refractivity contribution in [2.45, 2.75) is 13.8 Å². The van der Waals surface area contributed by atoms with E-state index in [-0.39, 0.29) is 11.5 Å². The van der Waals surface area contributed by atoms with E-state index in [1.54, 1.807) is 0 Å². The van der Waals surface area contributed by atoms with Gasteiger partial charge in [-0.05, 0) is 5.92 Å². The topological polar surface area (TPSA) is 97.8 Å². The van der Waals surface area contributed by atoms with Gasteiger partial charge in [0.2, 0.25) is 0 Å². The van der Waals surface area contributed by atoms with Crippen LogP contribution in [0, 0.1) is 5.92 Å². The lowest BCUT2D eigenvalue weighted by atomic mass is 10.1. The molecule has 5 heteroatoms. The molecule has 1 heterocycles. The molecule has 0 atom stereocenters. The Morgan fingerprint density at radius 3 is 2.79 bits per heavy atom. The number of hydrogen-bond donors (Lipinski definition) is 3. The normalized spacial score (nSPS) is 14.6. The Kier molecular flexibility index (Phi) is 2.91. The van der Waals surface area contributed by atoms with Crippen LogP contribution in [0.1, 0.15) is 13.8 Å². The van der Waals surface area contributed by atoms with E-state index in [0.29, 0.717) is 16.3 Å². The van der Waals surface area contributed by atoms with Gasteiger partial charge in [0.25, 0.3) is 5.56 Å². The third-order valence-electron chi connectivity index (χ3n) is 1.95. The van der Waals surface area contributed by atoms with Gasteiger partial charge in [0.15, 0.2) is 0 Å². The van der Waals surface area contributed by atoms with E-state index >= 15 is 0 Å². The number of nitrogens with two attached hydrogens (primary N) is 2. The summed E-state index contributed by atoms with van der Waals surface area (Å²) in [4.78, 5) is 17.9.